The van der Waals surface area contributed by atoms with Crippen LogP contribution in [-0.2, 0) is 11.8 Å². The van der Waals surface area contributed by atoms with Crippen molar-refractivity contribution in [3.8, 4) is 6.07 Å². The van der Waals surface area contributed by atoms with Gasteiger partial charge in [-0.1, -0.05) is 18.2 Å². The number of hydrogen-bond acceptors (Lipinski definition) is 6. The molecule has 0 saturated carbocycles. The van der Waals surface area contributed by atoms with Crippen LogP contribution in [0, 0.1) is 24.2 Å². The first-order valence-electron chi connectivity index (χ1n) is 9.14. The number of hydrogen-bond donors (Lipinski definition) is 1. The summed E-state index contributed by atoms with van der Waals surface area (Å²) in [5.41, 5.74) is 3.75. The minimum atomic E-state index is -0.0553. The van der Waals surface area contributed by atoms with Crippen LogP contribution < -0.4 is 5.32 Å². The Morgan fingerprint density at radius 2 is 2.07 bits per heavy atom. The smallest absolute Gasteiger partial charge is 0.223 e. The molecular formula is C20H21N7O. The van der Waals surface area contributed by atoms with Gasteiger partial charge >= 0.3 is 0 Å². The van der Waals surface area contributed by atoms with Crippen LogP contribution in [0.4, 0.5) is 5.69 Å². The monoisotopic (exact) mass is 375 g/mol. The highest BCUT2D eigenvalue weighted by molar-refractivity contribution is 5.92. The molecule has 3 aromatic rings. The summed E-state index contributed by atoms with van der Waals surface area (Å²) in [7, 11) is 3.74. The summed E-state index contributed by atoms with van der Waals surface area (Å²) in [6, 6.07) is 9.63. The van der Waals surface area contributed by atoms with Crippen LogP contribution in [-0.4, -0.2) is 44.4 Å². The Morgan fingerprint density at radius 3 is 2.79 bits per heavy atom. The molecule has 2 atom stereocenters. The van der Waals surface area contributed by atoms with Crippen molar-refractivity contribution in [3.63, 3.8) is 0 Å². The third-order valence-corrected chi connectivity index (χ3v) is 5.60. The van der Waals surface area contributed by atoms with Gasteiger partial charge in [-0.05, 0) is 13.0 Å². The molecule has 1 saturated heterocycles. The summed E-state index contributed by atoms with van der Waals surface area (Å²) in [6.07, 6.45) is 2.28. The lowest BCUT2D eigenvalue weighted by Crippen LogP contribution is -2.27. The molecule has 1 aromatic carbocycles. The number of likely N-dealkylation sites (tertiary alicyclic amines) is 1. The molecule has 2 aromatic heterocycles. The van der Waals surface area contributed by atoms with Crippen molar-refractivity contribution >= 4 is 22.5 Å². The van der Waals surface area contributed by atoms with E-state index in [1.165, 1.54) is 0 Å². The maximum Gasteiger partial charge on any atom is 0.223 e. The van der Waals surface area contributed by atoms with Crippen LogP contribution in [0.1, 0.15) is 29.4 Å². The van der Waals surface area contributed by atoms with E-state index in [1.54, 1.807) is 4.90 Å². The summed E-state index contributed by atoms with van der Waals surface area (Å²) < 4.78 is 1.82. The van der Waals surface area contributed by atoms with Gasteiger partial charge in [0.1, 0.15) is 6.07 Å². The maximum absolute atomic E-state index is 12.4. The summed E-state index contributed by atoms with van der Waals surface area (Å²) in [4.78, 5) is 14.2. The van der Waals surface area contributed by atoms with Crippen LogP contribution in [0.25, 0.3) is 10.9 Å². The first kappa shape index (κ1) is 17.9. The number of rotatable bonds is 4. The largest absolute Gasteiger partial charge is 0.382 e. The number of benzene rings is 1. The van der Waals surface area contributed by atoms with E-state index in [0.29, 0.717) is 18.7 Å². The van der Waals surface area contributed by atoms with Crippen molar-refractivity contribution in [1.82, 2.24) is 24.9 Å². The average molecular weight is 375 g/mol. The number of nitrogens with one attached hydrogen (secondary N) is 1. The van der Waals surface area contributed by atoms with Gasteiger partial charge in [-0.3, -0.25) is 9.48 Å². The molecule has 1 aliphatic heterocycles. The van der Waals surface area contributed by atoms with Crippen LogP contribution in [0.15, 0.2) is 30.5 Å². The van der Waals surface area contributed by atoms with Gasteiger partial charge in [0, 0.05) is 49.6 Å². The predicted molar refractivity (Wildman–Crippen MR) is 104 cm³/mol. The quantitative estimate of drug-likeness (QED) is 0.750. The highest BCUT2D eigenvalue weighted by Crippen LogP contribution is 2.38. The minimum absolute atomic E-state index is 0.0545. The number of anilines is 1. The zero-order valence-corrected chi connectivity index (χ0v) is 16.0. The number of nitriles is 1. The number of aromatic nitrogens is 4. The molecule has 0 spiro atoms. The molecule has 0 aliphatic carbocycles. The average Bonchev–Trinajstić information content (AvgIpc) is 3.18. The van der Waals surface area contributed by atoms with Crippen molar-refractivity contribution in [2.45, 2.75) is 19.4 Å². The zero-order valence-electron chi connectivity index (χ0n) is 16.0. The Kier molecular flexibility index (Phi) is 4.43. The Bertz CT molecular complexity index is 1100. The van der Waals surface area contributed by atoms with Crippen LogP contribution in [0.3, 0.4) is 0 Å². The number of carbonyl (C=O) groups excluding carboxylic acids is 1. The molecule has 28 heavy (non-hydrogen) atoms. The standard InChI is InChI=1S/C20H21N7O/c1-12-15(11-23-27(12)3)20-13(8-18(28)26(20)2)10-22-19-14-6-4-5-7-16(14)24-25-17(19)9-21/h4-7,11,13,20H,8,10H2,1-3H3,(H,22,24)/t13-,20+/m0/s1. The van der Waals surface area contributed by atoms with Crippen LogP contribution in [0.5, 0.6) is 0 Å². The van der Waals surface area contributed by atoms with E-state index in [-0.39, 0.29) is 23.6 Å². The van der Waals surface area contributed by atoms with Crippen molar-refractivity contribution in [1.29, 1.82) is 5.26 Å². The van der Waals surface area contributed by atoms with Crippen molar-refractivity contribution < 1.29 is 4.79 Å². The van der Waals surface area contributed by atoms with Gasteiger partial charge < -0.3 is 10.2 Å². The second-order valence-electron chi connectivity index (χ2n) is 7.16. The van der Waals surface area contributed by atoms with E-state index >= 15 is 0 Å². The molecule has 0 unspecified atom stereocenters. The van der Waals surface area contributed by atoms with Gasteiger partial charge in [0.25, 0.3) is 0 Å². The van der Waals surface area contributed by atoms with E-state index in [4.69, 9.17) is 0 Å². The topological polar surface area (TPSA) is 99.7 Å². The molecule has 0 radical (unpaired) electrons. The number of nitrogens with zero attached hydrogens (tertiary/aromatic N) is 6. The van der Waals surface area contributed by atoms with Crippen LogP contribution in [0.2, 0.25) is 0 Å². The molecule has 1 fully saturated rings. The molecule has 142 valence electrons. The van der Waals surface area contributed by atoms with E-state index in [1.807, 2.05) is 56.2 Å². The predicted octanol–water partition coefficient (Wildman–Crippen LogP) is 2.17. The fraction of sp³-hybridized carbons (Fsp3) is 0.350. The van der Waals surface area contributed by atoms with Gasteiger partial charge in [-0.25, -0.2) is 0 Å². The van der Waals surface area contributed by atoms with E-state index < -0.39 is 0 Å². The van der Waals surface area contributed by atoms with E-state index in [2.05, 4.69) is 26.7 Å². The SMILES string of the molecule is Cc1c([C@H]2[C@H](CNc3c(C#N)nnc4ccccc34)CC(=O)N2C)cnn1C. The Balaban J connectivity index is 1.66. The number of fused-ring (bicyclic) bond motifs is 1. The molecule has 1 N–H and O–H groups in total. The highest BCUT2D eigenvalue weighted by Gasteiger charge is 2.40. The second-order valence-corrected chi connectivity index (χ2v) is 7.16. The molecular weight excluding hydrogens is 354 g/mol. The zero-order chi connectivity index (χ0) is 19.8. The van der Waals surface area contributed by atoms with E-state index in [9.17, 15) is 10.1 Å². The fourth-order valence-electron chi connectivity index (χ4n) is 3.95. The summed E-state index contributed by atoms with van der Waals surface area (Å²) in [6.45, 7) is 2.55. The lowest BCUT2D eigenvalue weighted by atomic mass is 9.94. The summed E-state index contributed by atoms with van der Waals surface area (Å²) in [5.74, 6) is 0.164. The molecule has 3 heterocycles. The fourth-order valence-corrected chi connectivity index (χ4v) is 3.95. The van der Waals surface area contributed by atoms with Gasteiger partial charge in [0.15, 0.2) is 5.69 Å². The molecule has 8 nitrogen and oxygen atoms in total. The molecule has 1 amide bonds. The Hall–Kier alpha value is -3.47. The number of carbonyl (C=O) groups is 1. The van der Waals surface area contributed by atoms with E-state index in [0.717, 1.165) is 22.2 Å². The van der Waals surface area contributed by atoms with Crippen molar-refractivity contribution in [3.05, 3.63) is 47.4 Å². The van der Waals surface area contributed by atoms with Crippen molar-refractivity contribution in [2.75, 3.05) is 18.9 Å². The summed E-state index contributed by atoms with van der Waals surface area (Å²) >= 11 is 0. The number of aryl methyl sites for hydroxylation is 1. The number of amides is 1. The molecule has 4 rings (SSSR count). The van der Waals surface area contributed by atoms with Gasteiger partial charge in [0.05, 0.1) is 23.4 Å². The first-order chi connectivity index (χ1) is 13.5. The molecule has 8 heteroatoms. The molecule has 0 bridgehead atoms. The van der Waals surface area contributed by atoms with Crippen molar-refractivity contribution in [2.24, 2.45) is 13.0 Å². The van der Waals surface area contributed by atoms with Gasteiger partial charge in [-0.2, -0.15) is 10.4 Å². The normalized spacial score (nSPS) is 19.2. The Labute approximate surface area is 162 Å². The Morgan fingerprint density at radius 1 is 1.29 bits per heavy atom. The third kappa shape index (κ3) is 2.85. The minimum Gasteiger partial charge on any atom is -0.382 e. The maximum atomic E-state index is 12.4. The van der Waals surface area contributed by atoms with Crippen LogP contribution >= 0.6 is 0 Å². The van der Waals surface area contributed by atoms with Gasteiger partial charge in [0.2, 0.25) is 5.91 Å². The lowest BCUT2D eigenvalue weighted by molar-refractivity contribution is -0.127. The second kappa shape index (κ2) is 6.93. The lowest BCUT2D eigenvalue weighted by Gasteiger charge is -2.25. The highest BCUT2D eigenvalue weighted by atomic mass is 16.2. The van der Waals surface area contributed by atoms with Gasteiger partial charge in [-0.15, -0.1) is 10.2 Å². The summed E-state index contributed by atoms with van der Waals surface area (Å²) in [5, 5.41) is 26.2. The third-order valence-electron chi connectivity index (χ3n) is 5.60. The first-order valence-corrected chi connectivity index (χ1v) is 9.14. The molecule has 1 aliphatic rings.